The van der Waals surface area contributed by atoms with Crippen LogP contribution in [0.5, 0.6) is 0 Å². The van der Waals surface area contributed by atoms with Gasteiger partial charge in [-0.1, -0.05) is 17.3 Å². The van der Waals surface area contributed by atoms with Crippen molar-refractivity contribution in [3.05, 3.63) is 35.7 Å². The largest absolute Gasteiger partial charge is 0.379 e. The number of carbonyl (C=O) groups excluding carboxylic acids is 1. The predicted molar refractivity (Wildman–Crippen MR) is 96.8 cm³/mol. The van der Waals surface area contributed by atoms with Crippen LogP contribution >= 0.6 is 0 Å². The molecule has 12 heteroatoms. The van der Waals surface area contributed by atoms with Crippen LogP contribution in [0.4, 0.5) is 5.82 Å². The summed E-state index contributed by atoms with van der Waals surface area (Å²) in [5, 5.41) is 18.8. The normalized spacial score (nSPS) is 11.9. The molecular weight excluding hydrogens is 366 g/mol. The first-order valence-electron chi connectivity index (χ1n) is 8.21. The van der Waals surface area contributed by atoms with Gasteiger partial charge in [-0.05, 0) is 41.5 Å². The van der Waals surface area contributed by atoms with Gasteiger partial charge in [0.05, 0.1) is 16.7 Å². The number of hydrogen-bond donors (Lipinski definition) is 2. The van der Waals surface area contributed by atoms with E-state index in [2.05, 4.69) is 45.4 Å². The van der Waals surface area contributed by atoms with E-state index in [1.165, 1.54) is 0 Å². The Hall–Kier alpha value is -4.09. The van der Waals surface area contributed by atoms with Gasteiger partial charge in [0.2, 0.25) is 0 Å². The van der Waals surface area contributed by atoms with Gasteiger partial charge in [0.25, 0.3) is 5.91 Å². The quantitative estimate of drug-likeness (QED) is 0.377. The SMILES string of the molecule is C/C(=N/NC(=O)Cn1c(-c2nonc2N)nc2ccccc21)c1nonc1C. The maximum absolute atomic E-state index is 12.5. The van der Waals surface area contributed by atoms with Crippen LogP contribution in [0.1, 0.15) is 18.3 Å². The molecule has 1 aromatic carbocycles. The second-order valence-electron chi connectivity index (χ2n) is 5.94. The molecule has 0 aliphatic carbocycles. The molecule has 142 valence electrons. The lowest BCUT2D eigenvalue weighted by atomic mass is 10.2. The predicted octanol–water partition coefficient (Wildman–Crippen LogP) is 0.900. The summed E-state index contributed by atoms with van der Waals surface area (Å²) in [6.07, 6.45) is 0. The molecule has 0 aliphatic heterocycles. The Bertz CT molecular complexity index is 1190. The average molecular weight is 381 g/mol. The van der Waals surface area contributed by atoms with E-state index in [-0.39, 0.29) is 24.0 Å². The number of amides is 1. The van der Waals surface area contributed by atoms with Gasteiger partial charge in [-0.25, -0.2) is 19.7 Å². The second-order valence-corrected chi connectivity index (χ2v) is 5.94. The number of anilines is 1. The van der Waals surface area contributed by atoms with E-state index in [1.54, 1.807) is 18.4 Å². The molecule has 3 N–H and O–H groups in total. The number of aromatic nitrogens is 6. The van der Waals surface area contributed by atoms with Crippen molar-refractivity contribution < 1.29 is 14.1 Å². The van der Waals surface area contributed by atoms with E-state index < -0.39 is 0 Å². The molecular formula is C16H15N9O3. The summed E-state index contributed by atoms with van der Waals surface area (Å²) in [5.74, 6) is 0.0695. The Morgan fingerprint density at radius 1 is 1.21 bits per heavy atom. The number of nitrogens with zero attached hydrogens (tertiary/aromatic N) is 7. The molecule has 3 aromatic heterocycles. The van der Waals surface area contributed by atoms with Crippen molar-refractivity contribution in [1.29, 1.82) is 0 Å². The first-order valence-corrected chi connectivity index (χ1v) is 8.21. The van der Waals surface area contributed by atoms with E-state index >= 15 is 0 Å². The van der Waals surface area contributed by atoms with Gasteiger partial charge in [-0.3, -0.25) is 4.79 Å². The zero-order valence-electron chi connectivity index (χ0n) is 14.9. The number of hydrogen-bond acceptors (Lipinski definition) is 10. The molecule has 12 nitrogen and oxygen atoms in total. The summed E-state index contributed by atoms with van der Waals surface area (Å²) in [5.41, 5.74) is 11.5. The third-order valence-electron chi connectivity index (χ3n) is 4.03. The number of carbonyl (C=O) groups is 1. The van der Waals surface area contributed by atoms with Gasteiger partial charge in [-0.15, -0.1) is 0 Å². The van der Waals surface area contributed by atoms with Crippen molar-refractivity contribution in [3.63, 3.8) is 0 Å². The summed E-state index contributed by atoms with van der Waals surface area (Å²) in [4.78, 5) is 17.0. The van der Waals surface area contributed by atoms with Gasteiger partial charge in [-0.2, -0.15) is 5.10 Å². The number of aryl methyl sites for hydroxylation is 1. The molecule has 0 atom stereocenters. The molecule has 0 fully saturated rings. The number of para-hydroxylation sites is 2. The Morgan fingerprint density at radius 2 is 2.00 bits per heavy atom. The molecule has 3 heterocycles. The van der Waals surface area contributed by atoms with Crippen LogP contribution in [0.25, 0.3) is 22.6 Å². The van der Waals surface area contributed by atoms with Crippen LogP contribution in [0.2, 0.25) is 0 Å². The summed E-state index contributed by atoms with van der Waals surface area (Å²) in [6, 6.07) is 7.34. The van der Waals surface area contributed by atoms with Crippen molar-refractivity contribution in [2.45, 2.75) is 20.4 Å². The standard InChI is InChI=1S/C16H15N9O3/c1-8(13-9(2)21-27-22-13)19-20-12(26)7-25-11-6-4-3-5-10(11)18-16(25)14-15(17)24-28-23-14/h3-6H,7H2,1-2H3,(H2,17,24)(H,20,26)/b19-8-. The van der Waals surface area contributed by atoms with E-state index in [0.29, 0.717) is 28.4 Å². The van der Waals surface area contributed by atoms with Crippen LogP contribution in [0.3, 0.4) is 0 Å². The first kappa shape index (κ1) is 17.3. The number of nitrogen functional groups attached to an aromatic ring is 1. The fourth-order valence-electron chi connectivity index (χ4n) is 2.70. The van der Waals surface area contributed by atoms with E-state index in [0.717, 1.165) is 5.52 Å². The van der Waals surface area contributed by atoms with Crippen molar-refractivity contribution in [2.75, 3.05) is 5.73 Å². The molecule has 0 spiro atoms. The number of rotatable bonds is 5. The highest BCUT2D eigenvalue weighted by Crippen LogP contribution is 2.26. The minimum atomic E-state index is -0.382. The summed E-state index contributed by atoms with van der Waals surface area (Å²) >= 11 is 0. The van der Waals surface area contributed by atoms with Crippen LogP contribution in [0.15, 0.2) is 38.6 Å². The highest BCUT2D eigenvalue weighted by Gasteiger charge is 2.20. The van der Waals surface area contributed by atoms with Gasteiger partial charge in [0.15, 0.2) is 23.0 Å². The minimum absolute atomic E-state index is 0.0744. The molecule has 0 saturated carbocycles. The van der Waals surface area contributed by atoms with Crippen molar-refractivity contribution in [3.8, 4) is 11.5 Å². The third kappa shape index (κ3) is 3.06. The molecule has 0 bridgehead atoms. The van der Waals surface area contributed by atoms with Crippen LogP contribution in [0, 0.1) is 6.92 Å². The molecule has 0 saturated heterocycles. The molecule has 28 heavy (non-hydrogen) atoms. The number of nitrogens with one attached hydrogen (secondary N) is 1. The summed E-state index contributed by atoms with van der Waals surface area (Å²) < 4.78 is 11.0. The zero-order valence-corrected chi connectivity index (χ0v) is 14.9. The molecule has 0 aliphatic rings. The number of nitrogens with two attached hydrogens (primary N) is 1. The Balaban J connectivity index is 1.63. The van der Waals surface area contributed by atoms with Gasteiger partial charge >= 0.3 is 0 Å². The average Bonchev–Trinajstić information content (AvgIpc) is 3.39. The van der Waals surface area contributed by atoms with Gasteiger partial charge in [0.1, 0.15) is 12.2 Å². The number of hydrazone groups is 1. The topological polar surface area (TPSA) is 163 Å². The Morgan fingerprint density at radius 3 is 2.71 bits per heavy atom. The fraction of sp³-hybridized carbons (Fsp3) is 0.188. The van der Waals surface area contributed by atoms with E-state index in [9.17, 15) is 4.79 Å². The lowest BCUT2D eigenvalue weighted by Crippen LogP contribution is -2.25. The van der Waals surface area contributed by atoms with Crippen LogP contribution in [-0.4, -0.2) is 41.8 Å². The number of fused-ring (bicyclic) bond motifs is 1. The molecule has 4 rings (SSSR count). The molecule has 1 amide bonds. The lowest BCUT2D eigenvalue weighted by molar-refractivity contribution is -0.121. The highest BCUT2D eigenvalue weighted by atomic mass is 16.6. The third-order valence-corrected chi connectivity index (χ3v) is 4.03. The van der Waals surface area contributed by atoms with Crippen molar-refractivity contribution >= 4 is 28.5 Å². The Kier molecular flexibility index (Phi) is 4.27. The van der Waals surface area contributed by atoms with E-state index in [1.807, 2.05) is 24.3 Å². The highest BCUT2D eigenvalue weighted by molar-refractivity contribution is 5.98. The molecule has 4 aromatic rings. The van der Waals surface area contributed by atoms with Crippen molar-refractivity contribution in [2.24, 2.45) is 5.10 Å². The fourth-order valence-corrected chi connectivity index (χ4v) is 2.70. The molecule has 0 unspecified atom stereocenters. The van der Waals surface area contributed by atoms with Crippen LogP contribution < -0.4 is 11.2 Å². The maximum atomic E-state index is 12.5. The second kappa shape index (κ2) is 6.90. The summed E-state index contributed by atoms with van der Waals surface area (Å²) in [6.45, 7) is 3.34. The summed E-state index contributed by atoms with van der Waals surface area (Å²) in [7, 11) is 0. The Labute approximate surface area is 157 Å². The maximum Gasteiger partial charge on any atom is 0.260 e. The number of imidazole rings is 1. The smallest absolute Gasteiger partial charge is 0.260 e. The first-order chi connectivity index (χ1) is 13.5. The van der Waals surface area contributed by atoms with E-state index in [4.69, 9.17) is 5.73 Å². The lowest BCUT2D eigenvalue weighted by Gasteiger charge is -2.07. The van der Waals surface area contributed by atoms with Crippen molar-refractivity contribution in [1.82, 2.24) is 35.6 Å². The zero-order chi connectivity index (χ0) is 19.7. The monoisotopic (exact) mass is 381 g/mol. The van der Waals surface area contributed by atoms with Crippen LogP contribution in [-0.2, 0) is 11.3 Å². The number of benzene rings is 1. The molecule has 0 radical (unpaired) electrons. The van der Waals surface area contributed by atoms with Gasteiger partial charge < -0.3 is 10.3 Å². The van der Waals surface area contributed by atoms with Gasteiger partial charge in [0, 0.05) is 0 Å². The minimum Gasteiger partial charge on any atom is -0.379 e.